The van der Waals surface area contributed by atoms with Gasteiger partial charge in [0.2, 0.25) is 10.0 Å². The first kappa shape index (κ1) is 14.5. The van der Waals surface area contributed by atoms with Crippen molar-refractivity contribution in [1.29, 1.82) is 0 Å². The number of rotatable bonds is 2. The second-order valence-corrected chi connectivity index (χ2v) is 6.61. The molecule has 106 valence electrons. The molecule has 0 spiro atoms. The van der Waals surface area contributed by atoms with Crippen LogP contribution in [0.25, 0.3) is 0 Å². The lowest BCUT2D eigenvalue weighted by atomic mass is 10.3. The van der Waals surface area contributed by atoms with Crippen LogP contribution in [0.15, 0.2) is 17.0 Å². The Labute approximate surface area is 116 Å². The van der Waals surface area contributed by atoms with E-state index in [0.29, 0.717) is 13.2 Å². The number of benzene rings is 1. The van der Waals surface area contributed by atoms with Crippen molar-refractivity contribution in [1.82, 2.24) is 4.31 Å². The smallest absolute Gasteiger partial charge is 0.245 e. The molecule has 2 rings (SSSR count). The number of halogens is 2. The van der Waals surface area contributed by atoms with Crippen LogP contribution in [0.2, 0.25) is 5.02 Å². The molecule has 0 saturated carbocycles. The monoisotopic (exact) mass is 308 g/mol. The number of nitrogens with zero attached hydrogens (tertiary/aromatic N) is 1. The van der Waals surface area contributed by atoms with E-state index in [-0.39, 0.29) is 28.2 Å². The van der Waals surface area contributed by atoms with E-state index in [4.69, 9.17) is 22.1 Å². The molecule has 1 saturated heterocycles. The van der Waals surface area contributed by atoms with E-state index < -0.39 is 15.8 Å². The average molecular weight is 309 g/mol. The summed E-state index contributed by atoms with van der Waals surface area (Å²) < 4.78 is 44.7. The highest BCUT2D eigenvalue weighted by molar-refractivity contribution is 7.89. The van der Waals surface area contributed by atoms with Crippen molar-refractivity contribution in [3.8, 4) is 0 Å². The minimum absolute atomic E-state index is 0.176. The van der Waals surface area contributed by atoms with E-state index in [1.54, 1.807) is 6.92 Å². The molecule has 0 aromatic heterocycles. The Kier molecular flexibility index (Phi) is 4.00. The molecule has 0 amide bonds. The summed E-state index contributed by atoms with van der Waals surface area (Å²) in [5, 5.41) is -0.176. The lowest BCUT2D eigenvalue weighted by Gasteiger charge is -2.32. The van der Waals surface area contributed by atoms with Crippen LogP contribution < -0.4 is 5.73 Å². The second-order valence-electron chi connectivity index (χ2n) is 4.34. The van der Waals surface area contributed by atoms with Gasteiger partial charge < -0.3 is 10.5 Å². The summed E-state index contributed by atoms with van der Waals surface area (Å²) in [5.41, 5.74) is 5.16. The minimum atomic E-state index is -3.81. The zero-order valence-electron chi connectivity index (χ0n) is 10.3. The van der Waals surface area contributed by atoms with E-state index in [1.165, 1.54) is 4.31 Å². The molecule has 1 aliphatic rings. The van der Waals surface area contributed by atoms with Crippen LogP contribution in [0, 0.1) is 5.82 Å². The van der Waals surface area contributed by atoms with Crippen molar-refractivity contribution < 1.29 is 17.5 Å². The van der Waals surface area contributed by atoms with E-state index in [9.17, 15) is 12.8 Å². The quantitative estimate of drug-likeness (QED) is 0.840. The Hall–Kier alpha value is -0.890. The number of nitrogens with two attached hydrogens (primary N) is 1. The van der Waals surface area contributed by atoms with Gasteiger partial charge >= 0.3 is 0 Å². The van der Waals surface area contributed by atoms with Crippen LogP contribution in [-0.4, -0.2) is 38.5 Å². The van der Waals surface area contributed by atoms with Crippen molar-refractivity contribution in [2.75, 3.05) is 25.5 Å². The van der Waals surface area contributed by atoms with Crippen LogP contribution in [0.5, 0.6) is 0 Å². The number of sulfonamides is 1. The normalized spacial score (nSPS) is 21.5. The van der Waals surface area contributed by atoms with E-state index >= 15 is 0 Å². The molecule has 5 nitrogen and oxygen atoms in total. The third-order valence-corrected chi connectivity index (χ3v) is 5.42. The highest BCUT2D eigenvalue weighted by atomic mass is 35.5. The van der Waals surface area contributed by atoms with Gasteiger partial charge in [-0.1, -0.05) is 11.6 Å². The molecular formula is C11H14ClFN2O3S. The Bertz CT molecular complexity index is 594. The van der Waals surface area contributed by atoms with Crippen molar-refractivity contribution in [3.05, 3.63) is 23.0 Å². The van der Waals surface area contributed by atoms with Crippen LogP contribution in [-0.2, 0) is 14.8 Å². The first-order valence-corrected chi connectivity index (χ1v) is 7.50. The third kappa shape index (κ3) is 2.69. The molecule has 1 atom stereocenters. The number of morpholine rings is 1. The van der Waals surface area contributed by atoms with E-state index in [2.05, 4.69) is 0 Å². The highest BCUT2D eigenvalue weighted by Gasteiger charge is 2.33. The van der Waals surface area contributed by atoms with Crippen molar-refractivity contribution in [3.63, 3.8) is 0 Å². The Morgan fingerprint density at radius 1 is 1.53 bits per heavy atom. The first-order chi connectivity index (χ1) is 8.84. The summed E-state index contributed by atoms with van der Waals surface area (Å²) in [6.45, 7) is 2.60. The predicted octanol–water partition coefficient (Wildman–Crippen LogP) is 1.47. The van der Waals surface area contributed by atoms with E-state index in [0.717, 1.165) is 12.1 Å². The van der Waals surface area contributed by atoms with Gasteiger partial charge in [-0.2, -0.15) is 4.31 Å². The topological polar surface area (TPSA) is 72.6 Å². The Morgan fingerprint density at radius 3 is 2.84 bits per heavy atom. The summed E-state index contributed by atoms with van der Waals surface area (Å²) in [6.07, 6.45) is 0. The van der Waals surface area contributed by atoms with Gasteiger partial charge in [-0.25, -0.2) is 12.8 Å². The maximum absolute atomic E-state index is 13.2. The highest BCUT2D eigenvalue weighted by Crippen LogP contribution is 2.30. The number of hydrogen-bond acceptors (Lipinski definition) is 4. The summed E-state index contributed by atoms with van der Waals surface area (Å²) in [7, 11) is -3.81. The van der Waals surface area contributed by atoms with Crippen LogP contribution in [0.1, 0.15) is 6.92 Å². The largest absolute Gasteiger partial charge is 0.396 e. The summed E-state index contributed by atoms with van der Waals surface area (Å²) >= 11 is 5.82. The van der Waals surface area contributed by atoms with Gasteiger partial charge in [-0.3, -0.25) is 0 Å². The van der Waals surface area contributed by atoms with Gasteiger partial charge in [-0.15, -0.1) is 0 Å². The molecular weight excluding hydrogens is 295 g/mol. The maximum atomic E-state index is 13.2. The predicted molar refractivity (Wildman–Crippen MR) is 70.0 cm³/mol. The minimum Gasteiger partial charge on any atom is -0.396 e. The number of anilines is 1. The molecule has 0 radical (unpaired) electrons. The van der Waals surface area contributed by atoms with E-state index in [1.807, 2.05) is 0 Å². The Balaban J connectivity index is 2.47. The zero-order valence-corrected chi connectivity index (χ0v) is 11.8. The SMILES string of the molecule is CC1COCCN1S(=O)(=O)c1cc(N)c(F)cc1Cl. The molecule has 8 heteroatoms. The molecule has 19 heavy (non-hydrogen) atoms. The van der Waals surface area contributed by atoms with Gasteiger partial charge in [0.1, 0.15) is 10.7 Å². The van der Waals surface area contributed by atoms with Gasteiger partial charge in [0.15, 0.2) is 0 Å². The zero-order chi connectivity index (χ0) is 14.2. The van der Waals surface area contributed by atoms with Gasteiger partial charge in [-0.05, 0) is 19.1 Å². The lowest BCUT2D eigenvalue weighted by molar-refractivity contribution is 0.0393. The number of hydrogen-bond donors (Lipinski definition) is 1. The number of ether oxygens (including phenoxy) is 1. The fraction of sp³-hybridized carbons (Fsp3) is 0.455. The van der Waals surface area contributed by atoms with Crippen LogP contribution in [0.4, 0.5) is 10.1 Å². The van der Waals surface area contributed by atoms with Gasteiger partial charge in [0.05, 0.1) is 23.9 Å². The maximum Gasteiger partial charge on any atom is 0.245 e. The fourth-order valence-corrected chi connectivity index (χ4v) is 4.06. The molecule has 1 unspecified atom stereocenters. The average Bonchev–Trinajstić information content (AvgIpc) is 2.34. The van der Waals surface area contributed by atoms with Crippen molar-refractivity contribution in [2.45, 2.75) is 17.9 Å². The standard InChI is InChI=1S/C11H14ClFN2O3S/c1-7-6-18-3-2-15(7)19(16,17)11-5-10(14)9(13)4-8(11)12/h4-5,7H,2-3,6,14H2,1H3. The van der Waals surface area contributed by atoms with Crippen molar-refractivity contribution in [2.24, 2.45) is 0 Å². The molecule has 1 aromatic carbocycles. The Morgan fingerprint density at radius 2 is 2.21 bits per heavy atom. The lowest BCUT2D eigenvalue weighted by Crippen LogP contribution is -2.47. The summed E-state index contributed by atoms with van der Waals surface area (Å²) in [5.74, 6) is -0.737. The molecule has 1 heterocycles. The summed E-state index contributed by atoms with van der Waals surface area (Å²) in [4.78, 5) is -0.179. The third-order valence-electron chi connectivity index (χ3n) is 2.94. The molecule has 0 aliphatic carbocycles. The molecule has 1 aromatic rings. The van der Waals surface area contributed by atoms with Crippen LogP contribution >= 0.6 is 11.6 Å². The van der Waals surface area contributed by atoms with Crippen LogP contribution in [0.3, 0.4) is 0 Å². The molecule has 0 bridgehead atoms. The van der Waals surface area contributed by atoms with Gasteiger partial charge in [0, 0.05) is 12.6 Å². The molecule has 2 N–H and O–H groups in total. The first-order valence-electron chi connectivity index (χ1n) is 5.68. The summed E-state index contributed by atoms with van der Waals surface area (Å²) in [6, 6.07) is 1.66. The second kappa shape index (κ2) is 5.24. The van der Waals surface area contributed by atoms with Crippen molar-refractivity contribution >= 4 is 27.3 Å². The van der Waals surface area contributed by atoms with Gasteiger partial charge in [0.25, 0.3) is 0 Å². The fourth-order valence-electron chi connectivity index (χ4n) is 1.94. The number of nitrogen functional groups attached to an aromatic ring is 1. The molecule has 1 aliphatic heterocycles. The molecule has 1 fully saturated rings.